The highest BCUT2D eigenvalue weighted by molar-refractivity contribution is 6.31. The summed E-state index contributed by atoms with van der Waals surface area (Å²) in [6.45, 7) is 3.99. The van der Waals surface area contributed by atoms with Crippen LogP contribution < -0.4 is 15.5 Å². The summed E-state index contributed by atoms with van der Waals surface area (Å²) < 4.78 is 13.9. The molecule has 8 heteroatoms. The number of carbonyl (C=O) groups is 1. The number of hydrogen-bond acceptors (Lipinski definition) is 5. The first-order chi connectivity index (χ1) is 15.5. The average Bonchev–Trinajstić information content (AvgIpc) is 2.78. The van der Waals surface area contributed by atoms with Gasteiger partial charge in [-0.1, -0.05) is 17.7 Å². The molecule has 1 fully saturated rings. The number of nitrogens with one attached hydrogen (secondary N) is 2. The van der Waals surface area contributed by atoms with Crippen molar-refractivity contribution in [3.63, 3.8) is 0 Å². The molecule has 0 bridgehead atoms. The van der Waals surface area contributed by atoms with Crippen LogP contribution in [0.2, 0.25) is 5.02 Å². The zero-order valence-electron chi connectivity index (χ0n) is 17.9. The molecule has 0 unspecified atom stereocenters. The number of aryl methyl sites for hydroxylation is 1. The van der Waals surface area contributed by atoms with Crippen molar-refractivity contribution >= 4 is 40.6 Å². The van der Waals surface area contributed by atoms with E-state index in [1.54, 1.807) is 18.2 Å². The first kappa shape index (κ1) is 22.0. The second-order valence-electron chi connectivity index (χ2n) is 7.87. The SMILES string of the molecule is Cc1cc(N2CCCCC2)nc(Nc2ccc(NC(=O)Cc3c(F)cccc3Cl)cc2)n1. The molecule has 1 aliphatic heterocycles. The van der Waals surface area contributed by atoms with E-state index < -0.39 is 5.82 Å². The molecule has 0 radical (unpaired) electrons. The Balaban J connectivity index is 1.40. The van der Waals surface area contributed by atoms with Crippen LogP contribution in [0.3, 0.4) is 0 Å². The number of amides is 1. The van der Waals surface area contributed by atoms with E-state index in [1.165, 1.54) is 31.4 Å². The molecule has 0 saturated carbocycles. The van der Waals surface area contributed by atoms with Crippen molar-refractivity contribution in [2.75, 3.05) is 28.6 Å². The summed E-state index contributed by atoms with van der Waals surface area (Å²) in [4.78, 5) is 23.8. The molecule has 0 aliphatic carbocycles. The van der Waals surface area contributed by atoms with E-state index >= 15 is 0 Å². The van der Waals surface area contributed by atoms with Gasteiger partial charge in [0.05, 0.1) is 6.42 Å². The van der Waals surface area contributed by atoms with Gasteiger partial charge >= 0.3 is 0 Å². The molecule has 2 N–H and O–H groups in total. The van der Waals surface area contributed by atoms with E-state index in [1.807, 2.05) is 25.1 Å². The van der Waals surface area contributed by atoms with Gasteiger partial charge in [0.2, 0.25) is 11.9 Å². The highest BCUT2D eigenvalue weighted by Gasteiger charge is 2.15. The molecule has 3 aromatic rings. The predicted octanol–water partition coefficient (Wildman–Crippen LogP) is 5.49. The van der Waals surface area contributed by atoms with Crippen LogP contribution in [0.15, 0.2) is 48.5 Å². The molecule has 1 aliphatic rings. The van der Waals surface area contributed by atoms with E-state index in [0.29, 0.717) is 11.6 Å². The molecule has 1 saturated heterocycles. The van der Waals surface area contributed by atoms with Crippen LogP contribution >= 0.6 is 11.6 Å². The number of rotatable bonds is 6. The number of aromatic nitrogens is 2. The van der Waals surface area contributed by atoms with Crippen molar-refractivity contribution in [2.45, 2.75) is 32.6 Å². The lowest BCUT2D eigenvalue weighted by Gasteiger charge is -2.28. The van der Waals surface area contributed by atoms with E-state index in [4.69, 9.17) is 11.6 Å². The van der Waals surface area contributed by atoms with Gasteiger partial charge in [-0.3, -0.25) is 4.79 Å². The van der Waals surface area contributed by atoms with Gasteiger partial charge in [-0.15, -0.1) is 0 Å². The topological polar surface area (TPSA) is 70.2 Å². The Morgan fingerprint density at radius 2 is 1.78 bits per heavy atom. The zero-order valence-corrected chi connectivity index (χ0v) is 18.6. The van der Waals surface area contributed by atoms with E-state index in [-0.39, 0.29) is 22.9 Å². The molecule has 0 atom stereocenters. The molecule has 1 amide bonds. The lowest BCUT2D eigenvalue weighted by molar-refractivity contribution is -0.115. The maximum absolute atomic E-state index is 13.9. The number of halogens is 2. The smallest absolute Gasteiger partial charge is 0.229 e. The van der Waals surface area contributed by atoms with Crippen LogP contribution in [0, 0.1) is 12.7 Å². The maximum Gasteiger partial charge on any atom is 0.229 e. The van der Waals surface area contributed by atoms with Crippen molar-refractivity contribution in [2.24, 2.45) is 0 Å². The molecular formula is C24H25ClFN5O. The van der Waals surface area contributed by atoms with E-state index in [0.717, 1.165) is 30.3 Å². The van der Waals surface area contributed by atoms with Gasteiger partial charge in [-0.25, -0.2) is 9.37 Å². The van der Waals surface area contributed by atoms with Crippen molar-refractivity contribution < 1.29 is 9.18 Å². The highest BCUT2D eigenvalue weighted by atomic mass is 35.5. The third-order valence-corrected chi connectivity index (χ3v) is 5.70. The van der Waals surface area contributed by atoms with Gasteiger partial charge in [0.25, 0.3) is 0 Å². The molecule has 32 heavy (non-hydrogen) atoms. The van der Waals surface area contributed by atoms with Crippen molar-refractivity contribution in [3.8, 4) is 0 Å². The van der Waals surface area contributed by atoms with Crippen LogP contribution in [0.5, 0.6) is 0 Å². The number of hydrogen-bond donors (Lipinski definition) is 2. The largest absolute Gasteiger partial charge is 0.356 e. The van der Waals surface area contributed by atoms with E-state index in [9.17, 15) is 9.18 Å². The van der Waals surface area contributed by atoms with Crippen LogP contribution in [0.4, 0.5) is 27.5 Å². The predicted molar refractivity (Wildman–Crippen MR) is 126 cm³/mol. The summed E-state index contributed by atoms with van der Waals surface area (Å²) in [6.07, 6.45) is 3.49. The van der Waals surface area contributed by atoms with Crippen LogP contribution in [-0.4, -0.2) is 29.0 Å². The number of piperidine rings is 1. The van der Waals surface area contributed by atoms with Crippen LogP contribution in [0.1, 0.15) is 30.5 Å². The molecule has 4 rings (SSSR count). The van der Waals surface area contributed by atoms with Gasteiger partial charge in [0.1, 0.15) is 11.6 Å². The fourth-order valence-electron chi connectivity index (χ4n) is 3.73. The molecule has 166 valence electrons. The monoisotopic (exact) mass is 453 g/mol. The average molecular weight is 454 g/mol. The summed E-state index contributed by atoms with van der Waals surface area (Å²) in [5, 5.41) is 6.24. The van der Waals surface area contributed by atoms with Gasteiger partial charge in [-0.2, -0.15) is 4.98 Å². The van der Waals surface area contributed by atoms with Gasteiger partial charge in [0, 0.05) is 46.8 Å². The lowest BCUT2D eigenvalue weighted by Crippen LogP contribution is -2.30. The summed E-state index contributed by atoms with van der Waals surface area (Å²) in [5.41, 5.74) is 2.49. The fourth-order valence-corrected chi connectivity index (χ4v) is 3.96. The number of benzene rings is 2. The Bertz CT molecular complexity index is 1080. The second kappa shape index (κ2) is 9.96. The number of anilines is 4. The van der Waals surface area contributed by atoms with Gasteiger partial charge in [0.15, 0.2) is 0 Å². The zero-order chi connectivity index (χ0) is 22.5. The van der Waals surface area contributed by atoms with Crippen LogP contribution in [0.25, 0.3) is 0 Å². The minimum Gasteiger partial charge on any atom is -0.356 e. The quantitative estimate of drug-likeness (QED) is 0.516. The molecule has 6 nitrogen and oxygen atoms in total. The number of carbonyl (C=O) groups excluding carboxylic acids is 1. The minimum absolute atomic E-state index is 0.137. The molecule has 2 heterocycles. The summed E-state index contributed by atoms with van der Waals surface area (Å²) in [5.74, 6) is 0.645. The Morgan fingerprint density at radius 1 is 1.06 bits per heavy atom. The minimum atomic E-state index is -0.491. The third kappa shape index (κ3) is 5.53. The Hall–Kier alpha value is -3.19. The fraction of sp³-hybridized carbons (Fsp3) is 0.292. The van der Waals surface area contributed by atoms with Crippen molar-refractivity contribution in [1.82, 2.24) is 9.97 Å². The Labute approximate surface area is 191 Å². The van der Waals surface area contributed by atoms with Crippen molar-refractivity contribution in [3.05, 3.63) is 70.6 Å². The summed E-state index contributed by atoms with van der Waals surface area (Å²) in [7, 11) is 0. The first-order valence-corrected chi connectivity index (χ1v) is 11.1. The molecular weight excluding hydrogens is 429 g/mol. The first-order valence-electron chi connectivity index (χ1n) is 10.7. The number of nitrogens with zero attached hydrogens (tertiary/aromatic N) is 3. The molecule has 0 spiro atoms. The van der Waals surface area contributed by atoms with Crippen LogP contribution in [-0.2, 0) is 11.2 Å². The third-order valence-electron chi connectivity index (χ3n) is 5.34. The second-order valence-corrected chi connectivity index (χ2v) is 8.27. The molecule has 2 aromatic carbocycles. The van der Waals surface area contributed by atoms with E-state index in [2.05, 4.69) is 25.5 Å². The summed E-state index contributed by atoms with van der Waals surface area (Å²) >= 11 is 6.00. The maximum atomic E-state index is 13.9. The van der Waals surface area contributed by atoms with Gasteiger partial charge < -0.3 is 15.5 Å². The standard InChI is InChI=1S/C24H25ClFN5O/c1-16-14-22(31-12-3-2-4-13-31)30-24(27-16)29-18-10-8-17(9-11-18)28-23(32)15-19-20(25)6-5-7-21(19)26/h5-11,14H,2-4,12-13,15H2,1H3,(H,28,32)(H,27,29,30). The Morgan fingerprint density at radius 3 is 2.50 bits per heavy atom. The Kier molecular flexibility index (Phi) is 6.85. The summed E-state index contributed by atoms with van der Waals surface area (Å²) in [6, 6.07) is 13.6. The van der Waals surface area contributed by atoms with Gasteiger partial charge in [-0.05, 0) is 62.6 Å². The molecule has 1 aromatic heterocycles. The normalized spacial score (nSPS) is 13.7. The van der Waals surface area contributed by atoms with Crippen molar-refractivity contribution in [1.29, 1.82) is 0 Å². The lowest BCUT2D eigenvalue weighted by atomic mass is 10.1. The highest BCUT2D eigenvalue weighted by Crippen LogP contribution is 2.23.